The average Bonchev–Trinajstić information content (AvgIpc) is 2.33. The van der Waals surface area contributed by atoms with E-state index in [2.05, 4.69) is 0 Å². The maximum Gasteiger partial charge on any atom is 0.0987 e. The highest BCUT2D eigenvalue weighted by Gasteiger charge is 2.15. The van der Waals surface area contributed by atoms with Gasteiger partial charge in [-0.1, -0.05) is 11.6 Å². The Hall–Kier alpha value is -0.0900. The number of aliphatic hydroxyl groups excluding tert-OH is 1. The van der Waals surface area contributed by atoms with Crippen molar-refractivity contribution in [3.63, 3.8) is 0 Å². The van der Waals surface area contributed by atoms with Crippen LogP contribution in [-0.2, 0) is 0 Å². The van der Waals surface area contributed by atoms with Crippen molar-refractivity contribution in [1.29, 1.82) is 0 Å². The molecule has 1 heterocycles. The molecule has 0 aromatic carbocycles. The van der Waals surface area contributed by atoms with E-state index >= 15 is 0 Å². The minimum Gasteiger partial charge on any atom is -0.387 e. The number of halogens is 1. The molecule has 0 saturated carbocycles. The van der Waals surface area contributed by atoms with Crippen LogP contribution in [0.5, 0.6) is 0 Å². The van der Waals surface area contributed by atoms with E-state index in [0.717, 1.165) is 5.56 Å². The van der Waals surface area contributed by atoms with Gasteiger partial charge in [-0.05, 0) is 18.4 Å². The van der Waals surface area contributed by atoms with Gasteiger partial charge >= 0.3 is 0 Å². The molecule has 62 valence electrons. The summed E-state index contributed by atoms with van der Waals surface area (Å²) >= 11 is 7.18. The van der Waals surface area contributed by atoms with Crippen molar-refractivity contribution >= 4 is 22.9 Å². The van der Waals surface area contributed by atoms with E-state index in [1.165, 1.54) is 11.3 Å². The Morgan fingerprint density at radius 1 is 1.73 bits per heavy atom. The predicted octanol–water partition coefficient (Wildman–Crippen LogP) is 1.78. The number of nitrogens with two attached hydrogens (primary N) is 1. The quantitative estimate of drug-likeness (QED) is 0.749. The fraction of sp³-hybridized carbons (Fsp3) is 0.429. The third-order valence-electron chi connectivity index (χ3n) is 1.46. The van der Waals surface area contributed by atoms with Crippen LogP contribution >= 0.6 is 22.9 Å². The topological polar surface area (TPSA) is 46.2 Å². The largest absolute Gasteiger partial charge is 0.387 e. The van der Waals surface area contributed by atoms with Crippen molar-refractivity contribution in [2.45, 2.75) is 19.1 Å². The maximum absolute atomic E-state index is 9.46. The summed E-state index contributed by atoms with van der Waals surface area (Å²) in [5.41, 5.74) is 6.22. The van der Waals surface area contributed by atoms with E-state index in [0.29, 0.717) is 4.34 Å². The lowest BCUT2D eigenvalue weighted by Gasteiger charge is -2.12. The van der Waals surface area contributed by atoms with E-state index in [-0.39, 0.29) is 6.04 Å². The zero-order chi connectivity index (χ0) is 8.43. The summed E-state index contributed by atoms with van der Waals surface area (Å²) in [6.45, 7) is 1.75. The molecule has 1 aromatic rings. The minimum atomic E-state index is -0.645. The highest BCUT2D eigenvalue weighted by atomic mass is 35.5. The minimum absolute atomic E-state index is 0.276. The Morgan fingerprint density at radius 2 is 2.36 bits per heavy atom. The van der Waals surface area contributed by atoms with Crippen LogP contribution in [0.25, 0.3) is 0 Å². The molecular weight excluding hydrogens is 182 g/mol. The summed E-state index contributed by atoms with van der Waals surface area (Å²) in [4.78, 5) is 0. The van der Waals surface area contributed by atoms with Gasteiger partial charge in [0.25, 0.3) is 0 Å². The molecule has 4 heteroatoms. The summed E-state index contributed by atoms with van der Waals surface area (Å²) in [5, 5.41) is 11.3. The number of hydrogen-bond acceptors (Lipinski definition) is 3. The first-order valence-corrected chi connectivity index (χ1v) is 4.55. The van der Waals surface area contributed by atoms with Crippen LogP contribution in [0.15, 0.2) is 11.4 Å². The average molecular weight is 192 g/mol. The first-order valence-electron chi connectivity index (χ1n) is 3.29. The highest BCUT2D eigenvalue weighted by molar-refractivity contribution is 7.14. The number of rotatable bonds is 2. The van der Waals surface area contributed by atoms with Gasteiger partial charge in [-0.3, -0.25) is 0 Å². The Labute approximate surface area is 74.6 Å². The SMILES string of the molecule is CC(N)C(O)c1ccsc1Cl. The van der Waals surface area contributed by atoms with Gasteiger partial charge in [0.2, 0.25) is 0 Å². The summed E-state index contributed by atoms with van der Waals surface area (Å²) in [6, 6.07) is 1.52. The number of hydrogen-bond donors (Lipinski definition) is 2. The molecule has 2 nitrogen and oxygen atoms in total. The van der Waals surface area contributed by atoms with Crippen LogP contribution in [0.3, 0.4) is 0 Å². The first-order chi connectivity index (χ1) is 5.13. The van der Waals surface area contributed by atoms with Crippen LogP contribution in [0, 0.1) is 0 Å². The molecule has 2 atom stereocenters. The third-order valence-corrected chi connectivity index (χ3v) is 2.66. The molecule has 0 fully saturated rings. The molecule has 0 aliphatic rings. The molecule has 11 heavy (non-hydrogen) atoms. The molecule has 2 unspecified atom stereocenters. The van der Waals surface area contributed by atoms with Gasteiger partial charge in [0.05, 0.1) is 10.4 Å². The van der Waals surface area contributed by atoms with Gasteiger partial charge in [0.1, 0.15) is 0 Å². The fourth-order valence-corrected chi connectivity index (χ4v) is 1.79. The molecule has 0 bridgehead atoms. The predicted molar refractivity (Wildman–Crippen MR) is 47.9 cm³/mol. The van der Waals surface area contributed by atoms with Gasteiger partial charge in [-0.15, -0.1) is 11.3 Å². The van der Waals surface area contributed by atoms with Crippen LogP contribution in [-0.4, -0.2) is 11.1 Å². The van der Waals surface area contributed by atoms with Crippen molar-refractivity contribution in [1.82, 2.24) is 0 Å². The van der Waals surface area contributed by atoms with Crippen LogP contribution in [0.2, 0.25) is 4.34 Å². The van der Waals surface area contributed by atoms with Crippen molar-refractivity contribution in [2.75, 3.05) is 0 Å². The monoisotopic (exact) mass is 191 g/mol. The third kappa shape index (κ3) is 1.93. The Bertz CT molecular complexity index is 236. The highest BCUT2D eigenvalue weighted by Crippen LogP contribution is 2.29. The fourth-order valence-electron chi connectivity index (χ4n) is 0.799. The summed E-state index contributed by atoms with van der Waals surface area (Å²) in [6.07, 6.45) is -0.645. The smallest absolute Gasteiger partial charge is 0.0987 e. The summed E-state index contributed by atoms with van der Waals surface area (Å²) < 4.78 is 0.620. The molecule has 0 radical (unpaired) electrons. The lowest BCUT2D eigenvalue weighted by atomic mass is 10.1. The number of aliphatic hydroxyl groups is 1. The van der Waals surface area contributed by atoms with Crippen molar-refractivity contribution < 1.29 is 5.11 Å². The molecule has 3 N–H and O–H groups in total. The van der Waals surface area contributed by atoms with Gasteiger partial charge in [-0.25, -0.2) is 0 Å². The van der Waals surface area contributed by atoms with Crippen molar-refractivity contribution in [3.05, 3.63) is 21.3 Å². The Kier molecular flexibility index (Phi) is 2.90. The summed E-state index contributed by atoms with van der Waals surface area (Å²) in [5.74, 6) is 0. The second-order valence-corrected chi connectivity index (χ2v) is 3.97. The second kappa shape index (κ2) is 3.54. The Morgan fingerprint density at radius 3 is 2.73 bits per heavy atom. The lowest BCUT2D eigenvalue weighted by Crippen LogP contribution is -2.24. The molecule has 1 aromatic heterocycles. The van der Waals surface area contributed by atoms with Gasteiger partial charge in [0, 0.05) is 11.6 Å². The molecule has 0 aliphatic carbocycles. The van der Waals surface area contributed by atoms with Crippen LogP contribution < -0.4 is 5.73 Å². The van der Waals surface area contributed by atoms with E-state index in [9.17, 15) is 5.11 Å². The van der Waals surface area contributed by atoms with Crippen LogP contribution in [0.1, 0.15) is 18.6 Å². The van der Waals surface area contributed by atoms with Gasteiger partial charge in [-0.2, -0.15) is 0 Å². The molecular formula is C7H10ClNOS. The van der Waals surface area contributed by atoms with E-state index in [4.69, 9.17) is 17.3 Å². The maximum atomic E-state index is 9.46. The van der Waals surface area contributed by atoms with Crippen LogP contribution in [0.4, 0.5) is 0 Å². The van der Waals surface area contributed by atoms with Crippen molar-refractivity contribution in [3.8, 4) is 0 Å². The number of thiophene rings is 1. The second-order valence-electron chi connectivity index (χ2n) is 2.45. The van der Waals surface area contributed by atoms with Gasteiger partial charge < -0.3 is 10.8 Å². The van der Waals surface area contributed by atoms with E-state index in [1.807, 2.05) is 5.38 Å². The molecule has 0 aliphatic heterocycles. The molecule has 0 saturated heterocycles. The van der Waals surface area contributed by atoms with Crippen molar-refractivity contribution in [2.24, 2.45) is 5.73 Å². The van der Waals surface area contributed by atoms with E-state index < -0.39 is 6.10 Å². The van der Waals surface area contributed by atoms with Gasteiger partial charge in [0.15, 0.2) is 0 Å². The molecule has 0 spiro atoms. The zero-order valence-electron chi connectivity index (χ0n) is 6.12. The molecule has 0 amide bonds. The summed E-state index contributed by atoms with van der Waals surface area (Å²) in [7, 11) is 0. The molecule has 1 rings (SSSR count). The normalized spacial score (nSPS) is 16.4. The van der Waals surface area contributed by atoms with E-state index in [1.54, 1.807) is 13.0 Å². The first kappa shape index (κ1) is 9.00. The Balaban J connectivity index is 2.84. The lowest BCUT2D eigenvalue weighted by molar-refractivity contribution is 0.154. The standard InChI is InChI=1S/C7H10ClNOS/c1-4(9)6(10)5-2-3-11-7(5)8/h2-4,6,10H,9H2,1H3. The zero-order valence-corrected chi connectivity index (χ0v) is 7.69.